The summed E-state index contributed by atoms with van der Waals surface area (Å²) in [6.45, 7) is 4.32. The van der Waals surface area contributed by atoms with Gasteiger partial charge in [0.05, 0.1) is 6.10 Å². The van der Waals surface area contributed by atoms with Crippen molar-refractivity contribution in [1.29, 1.82) is 0 Å². The third-order valence-corrected chi connectivity index (χ3v) is 3.84. The minimum Gasteiger partial charge on any atom is -0.378 e. The van der Waals surface area contributed by atoms with Crippen LogP contribution in [0.15, 0.2) is 11.6 Å². The third-order valence-electron chi connectivity index (χ3n) is 3.84. The van der Waals surface area contributed by atoms with Gasteiger partial charge in [0.1, 0.15) is 0 Å². The molecule has 1 N–H and O–H groups in total. The van der Waals surface area contributed by atoms with Gasteiger partial charge in [-0.2, -0.15) is 0 Å². The van der Waals surface area contributed by atoms with Gasteiger partial charge in [0.2, 0.25) is 0 Å². The van der Waals surface area contributed by atoms with E-state index in [1.165, 1.54) is 38.5 Å². The molecule has 2 rings (SSSR count). The van der Waals surface area contributed by atoms with Crippen molar-refractivity contribution in [2.24, 2.45) is 0 Å². The molecule has 1 aliphatic carbocycles. The predicted molar refractivity (Wildman–Crippen MR) is 67.6 cm³/mol. The fourth-order valence-corrected chi connectivity index (χ4v) is 2.75. The summed E-state index contributed by atoms with van der Waals surface area (Å²) in [5.74, 6) is 0. The second kappa shape index (κ2) is 6.41. The average molecular weight is 223 g/mol. The molecule has 0 aromatic heterocycles. The van der Waals surface area contributed by atoms with Gasteiger partial charge in [-0.25, -0.2) is 0 Å². The van der Waals surface area contributed by atoms with E-state index < -0.39 is 0 Å². The second-order valence-corrected chi connectivity index (χ2v) is 5.08. The Morgan fingerprint density at radius 2 is 2.44 bits per heavy atom. The highest BCUT2D eigenvalue weighted by Crippen LogP contribution is 2.20. The molecule has 0 aromatic rings. The number of rotatable bonds is 5. The Bertz CT molecular complexity index is 237. The van der Waals surface area contributed by atoms with Gasteiger partial charge in [0.15, 0.2) is 0 Å². The summed E-state index contributed by atoms with van der Waals surface area (Å²) < 4.78 is 5.69. The number of nitrogens with one attached hydrogen (secondary N) is 1. The van der Waals surface area contributed by atoms with Crippen LogP contribution in [0.5, 0.6) is 0 Å². The molecule has 1 saturated heterocycles. The van der Waals surface area contributed by atoms with Crippen molar-refractivity contribution >= 4 is 0 Å². The first-order valence-electron chi connectivity index (χ1n) is 6.91. The smallest absolute Gasteiger partial charge is 0.0587 e. The van der Waals surface area contributed by atoms with E-state index in [1.807, 2.05) is 0 Å². The zero-order valence-electron chi connectivity index (χ0n) is 10.5. The van der Waals surface area contributed by atoms with Gasteiger partial charge >= 0.3 is 0 Å². The highest BCUT2D eigenvalue weighted by Gasteiger charge is 2.20. The van der Waals surface area contributed by atoms with Crippen LogP contribution in [-0.2, 0) is 4.74 Å². The maximum atomic E-state index is 5.69. The summed E-state index contributed by atoms with van der Waals surface area (Å²) in [5.41, 5.74) is 1.67. The molecule has 2 heteroatoms. The lowest BCUT2D eigenvalue weighted by Crippen LogP contribution is -2.39. The fraction of sp³-hybridized carbons (Fsp3) is 0.857. The average Bonchev–Trinajstić information content (AvgIpc) is 2.82. The molecule has 0 aromatic carbocycles. The van der Waals surface area contributed by atoms with Gasteiger partial charge in [-0.05, 0) is 51.5 Å². The van der Waals surface area contributed by atoms with Crippen LogP contribution in [0.1, 0.15) is 51.9 Å². The highest BCUT2D eigenvalue weighted by molar-refractivity contribution is 5.07. The van der Waals surface area contributed by atoms with Gasteiger partial charge < -0.3 is 10.1 Å². The van der Waals surface area contributed by atoms with Crippen molar-refractivity contribution in [3.8, 4) is 0 Å². The van der Waals surface area contributed by atoms with Crippen LogP contribution >= 0.6 is 0 Å². The van der Waals surface area contributed by atoms with Crippen LogP contribution in [0.4, 0.5) is 0 Å². The minimum absolute atomic E-state index is 0.497. The van der Waals surface area contributed by atoms with Gasteiger partial charge in [0, 0.05) is 12.6 Å². The van der Waals surface area contributed by atoms with Gasteiger partial charge in [-0.1, -0.05) is 18.6 Å². The summed E-state index contributed by atoms with van der Waals surface area (Å²) in [7, 11) is 0. The molecule has 2 aliphatic rings. The van der Waals surface area contributed by atoms with Crippen molar-refractivity contribution in [2.75, 3.05) is 13.2 Å². The first-order valence-corrected chi connectivity index (χ1v) is 6.91. The summed E-state index contributed by atoms with van der Waals surface area (Å²) in [5, 5.41) is 3.69. The first kappa shape index (κ1) is 12.1. The van der Waals surface area contributed by atoms with Gasteiger partial charge in [-0.3, -0.25) is 0 Å². The molecule has 0 amide bonds. The lowest BCUT2D eigenvalue weighted by atomic mass is 10.0. The number of hydrogen-bond donors (Lipinski definition) is 1. The van der Waals surface area contributed by atoms with Crippen LogP contribution < -0.4 is 5.32 Å². The van der Waals surface area contributed by atoms with E-state index >= 15 is 0 Å². The zero-order chi connectivity index (χ0) is 11.2. The summed E-state index contributed by atoms with van der Waals surface area (Å²) in [6.07, 6.45) is 11.8. The largest absolute Gasteiger partial charge is 0.378 e. The van der Waals surface area contributed by atoms with Crippen molar-refractivity contribution in [3.05, 3.63) is 11.6 Å². The topological polar surface area (TPSA) is 21.3 Å². The van der Waals surface area contributed by atoms with E-state index in [9.17, 15) is 0 Å². The molecule has 0 saturated carbocycles. The molecule has 2 unspecified atom stereocenters. The molecule has 16 heavy (non-hydrogen) atoms. The quantitative estimate of drug-likeness (QED) is 0.723. The predicted octanol–water partition coefficient (Wildman–Crippen LogP) is 3.03. The Labute approximate surface area is 99.4 Å². The standard InChI is InChI=1S/C14H25NO/c1-2-14-11-13(8-10-16-14)15-9-7-12-5-3-4-6-12/h5,13-15H,2-4,6-11H2,1H3. The van der Waals surface area contributed by atoms with E-state index in [2.05, 4.69) is 18.3 Å². The lowest BCUT2D eigenvalue weighted by molar-refractivity contribution is 0.000113. The Kier molecular flexibility index (Phi) is 4.86. The Balaban J connectivity index is 1.61. The zero-order valence-corrected chi connectivity index (χ0v) is 10.5. The van der Waals surface area contributed by atoms with E-state index in [4.69, 9.17) is 4.74 Å². The van der Waals surface area contributed by atoms with Crippen molar-refractivity contribution in [3.63, 3.8) is 0 Å². The monoisotopic (exact) mass is 223 g/mol. The normalized spacial score (nSPS) is 30.4. The molecule has 0 spiro atoms. The lowest BCUT2D eigenvalue weighted by Gasteiger charge is -2.29. The van der Waals surface area contributed by atoms with E-state index in [1.54, 1.807) is 5.57 Å². The summed E-state index contributed by atoms with van der Waals surface area (Å²) in [6, 6.07) is 0.695. The molecule has 2 nitrogen and oxygen atoms in total. The first-order chi connectivity index (χ1) is 7.88. The maximum Gasteiger partial charge on any atom is 0.0587 e. The molecule has 0 radical (unpaired) electrons. The van der Waals surface area contributed by atoms with Crippen LogP contribution in [-0.4, -0.2) is 25.3 Å². The summed E-state index contributed by atoms with van der Waals surface area (Å²) >= 11 is 0. The van der Waals surface area contributed by atoms with Crippen LogP contribution in [0.25, 0.3) is 0 Å². The number of hydrogen-bond acceptors (Lipinski definition) is 2. The highest BCUT2D eigenvalue weighted by atomic mass is 16.5. The molecule has 92 valence electrons. The Morgan fingerprint density at radius 3 is 3.19 bits per heavy atom. The molecule has 1 aliphatic heterocycles. The Morgan fingerprint density at radius 1 is 1.50 bits per heavy atom. The molecule has 1 heterocycles. The molecule has 0 bridgehead atoms. The maximum absolute atomic E-state index is 5.69. The van der Waals surface area contributed by atoms with Crippen LogP contribution in [0.3, 0.4) is 0 Å². The van der Waals surface area contributed by atoms with Gasteiger partial charge in [0.25, 0.3) is 0 Å². The Hall–Kier alpha value is -0.340. The van der Waals surface area contributed by atoms with Gasteiger partial charge in [-0.15, -0.1) is 0 Å². The minimum atomic E-state index is 0.497. The van der Waals surface area contributed by atoms with Crippen molar-refractivity contribution < 1.29 is 4.74 Å². The SMILES string of the molecule is CCC1CC(NCCC2=CCCC2)CCO1. The number of ether oxygens (including phenoxy) is 1. The van der Waals surface area contributed by atoms with E-state index in [-0.39, 0.29) is 0 Å². The third kappa shape index (κ3) is 3.60. The van der Waals surface area contributed by atoms with Crippen molar-refractivity contribution in [2.45, 2.75) is 64.0 Å². The molecule has 1 fully saturated rings. The molecular weight excluding hydrogens is 198 g/mol. The molecular formula is C14H25NO. The van der Waals surface area contributed by atoms with Crippen molar-refractivity contribution in [1.82, 2.24) is 5.32 Å². The second-order valence-electron chi connectivity index (χ2n) is 5.08. The molecule has 2 atom stereocenters. The van der Waals surface area contributed by atoms with E-state index in [0.29, 0.717) is 12.1 Å². The summed E-state index contributed by atoms with van der Waals surface area (Å²) in [4.78, 5) is 0. The number of allylic oxidation sites excluding steroid dienone is 1. The van der Waals surface area contributed by atoms with E-state index in [0.717, 1.165) is 19.6 Å². The fourth-order valence-electron chi connectivity index (χ4n) is 2.75. The van der Waals surface area contributed by atoms with Crippen LogP contribution in [0.2, 0.25) is 0 Å². The van der Waals surface area contributed by atoms with Crippen LogP contribution in [0, 0.1) is 0 Å².